The van der Waals surface area contributed by atoms with E-state index in [-0.39, 0.29) is 5.91 Å². The van der Waals surface area contributed by atoms with Gasteiger partial charge in [0.1, 0.15) is 0 Å². The van der Waals surface area contributed by atoms with Crippen molar-refractivity contribution in [2.75, 3.05) is 5.32 Å². The average Bonchev–Trinajstić information content (AvgIpc) is 2.01. The lowest BCUT2D eigenvalue weighted by atomic mass is 9.79. The molecule has 1 rings (SSSR count). The maximum atomic E-state index is 10.8. The average molecular weight is 305 g/mol. The number of benzene rings is 1. The molecule has 0 aliphatic heterocycles. The molecule has 1 amide bonds. The van der Waals surface area contributed by atoms with Crippen LogP contribution in [-0.2, 0) is 4.79 Å². The summed E-state index contributed by atoms with van der Waals surface area (Å²) in [6, 6.07) is 4.98. The molecule has 0 fully saturated rings. The van der Waals surface area contributed by atoms with Gasteiger partial charge >= 0.3 is 7.12 Å². The first kappa shape index (κ1) is 11.5. The molecule has 0 unspecified atom stereocenters. The quantitative estimate of drug-likeness (QED) is 0.529. The maximum absolute atomic E-state index is 10.8. The molecule has 1 aromatic carbocycles. The molecular formula is C8H9BINO3. The molecule has 0 saturated heterocycles. The van der Waals surface area contributed by atoms with Crippen molar-refractivity contribution in [1.29, 1.82) is 0 Å². The lowest BCUT2D eigenvalue weighted by Gasteiger charge is -2.09. The minimum Gasteiger partial charge on any atom is -0.423 e. The number of carbonyl (C=O) groups is 1. The fourth-order valence-electron chi connectivity index (χ4n) is 1.05. The molecule has 0 radical (unpaired) electrons. The lowest BCUT2D eigenvalue weighted by molar-refractivity contribution is -0.114. The highest BCUT2D eigenvalue weighted by atomic mass is 127. The second kappa shape index (κ2) is 4.76. The Labute approximate surface area is 95.6 Å². The highest BCUT2D eigenvalue weighted by molar-refractivity contribution is 14.1. The van der Waals surface area contributed by atoms with Gasteiger partial charge < -0.3 is 15.4 Å². The SMILES string of the molecule is CC(=O)Nc1cc(I)ccc1B(O)O. The van der Waals surface area contributed by atoms with E-state index in [1.807, 2.05) is 0 Å². The topological polar surface area (TPSA) is 69.6 Å². The Morgan fingerprint density at radius 1 is 1.50 bits per heavy atom. The molecular weight excluding hydrogens is 296 g/mol. The van der Waals surface area contributed by atoms with Crippen LogP contribution in [0.4, 0.5) is 5.69 Å². The molecule has 0 aliphatic rings. The number of hydrogen-bond donors (Lipinski definition) is 3. The van der Waals surface area contributed by atoms with Gasteiger partial charge in [0.15, 0.2) is 0 Å². The Morgan fingerprint density at radius 3 is 2.64 bits per heavy atom. The summed E-state index contributed by atoms with van der Waals surface area (Å²) in [4.78, 5) is 10.8. The summed E-state index contributed by atoms with van der Waals surface area (Å²) >= 11 is 2.08. The summed E-state index contributed by atoms with van der Waals surface area (Å²) < 4.78 is 0.913. The third kappa shape index (κ3) is 2.97. The highest BCUT2D eigenvalue weighted by Crippen LogP contribution is 2.10. The number of rotatable bonds is 2. The first-order chi connectivity index (χ1) is 6.50. The number of halogens is 1. The van der Waals surface area contributed by atoms with Crippen molar-refractivity contribution in [1.82, 2.24) is 0 Å². The Balaban J connectivity index is 3.09. The van der Waals surface area contributed by atoms with Crippen molar-refractivity contribution in [2.24, 2.45) is 0 Å². The van der Waals surface area contributed by atoms with Gasteiger partial charge in [-0.3, -0.25) is 4.79 Å². The predicted molar refractivity (Wildman–Crippen MR) is 63.3 cm³/mol. The van der Waals surface area contributed by atoms with Gasteiger partial charge in [-0.1, -0.05) is 6.07 Å². The van der Waals surface area contributed by atoms with Gasteiger partial charge in [-0.15, -0.1) is 0 Å². The number of carbonyl (C=O) groups excluding carboxylic acids is 1. The summed E-state index contributed by atoms with van der Waals surface area (Å²) in [5, 5.41) is 20.6. The van der Waals surface area contributed by atoms with Crippen LogP contribution in [0.3, 0.4) is 0 Å². The smallest absolute Gasteiger partial charge is 0.423 e. The number of hydrogen-bond acceptors (Lipinski definition) is 3. The van der Waals surface area contributed by atoms with Gasteiger partial charge in [0.2, 0.25) is 5.91 Å². The van der Waals surface area contributed by atoms with Gasteiger partial charge in [0, 0.05) is 21.6 Å². The number of nitrogens with one attached hydrogen (secondary N) is 1. The summed E-state index contributed by atoms with van der Waals surface area (Å²) in [5.74, 6) is -0.242. The van der Waals surface area contributed by atoms with Crippen LogP contribution in [0.2, 0.25) is 0 Å². The Hall–Kier alpha value is -0.595. The zero-order valence-corrected chi connectivity index (χ0v) is 9.65. The largest absolute Gasteiger partial charge is 0.490 e. The van der Waals surface area contributed by atoms with Crippen molar-refractivity contribution in [3.05, 3.63) is 21.8 Å². The van der Waals surface area contributed by atoms with E-state index in [2.05, 4.69) is 27.9 Å². The van der Waals surface area contributed by atoms with Gasteiger partial charge in [0.25, 0.3) is 0 Å². The molecule has 14 heavy (non-hydrogen) atoms. The Kier molecular flexibility index (Phi) is 3.91. The monoisotopic (exact) mass is 305 g/mol. The van der Waals surface area contributed by atoms with Gasteiger partial charge in [-0.2, -0.15) is 0 Å². The molecule has 3 N–H and O–H groups in total. The van der Waals surface area contributed by atoms with Crippen LogP contribution < -0.4 is 10.8 Å². The van der Waals surface area contributed by atoms with E-state index in [1.165, 1.54) is 6.92 Å². The second-order valence-electron chi connectivity index (χ2n) is 2.79. The van der Waals surface area contributed by atoms with Crippen LogP contribution in [0, 0.1) is 3.57 Å². The summed E-state index contributed by atoms with van der Waals surface area (Å²) in [5.41, 5.74) is 0.722. The molecule has 0 heterocycles. The Bertz CT molecular complexity index is 356. The number of anilines is 1. The van der Waals surface area contributed by atoms with E-state index in [4.69, 9.17) is 10.0 Å². The van der Waals surface area contributed by atoms with Crippen LogP contribution >= 0.6 is 22.6 Å². The van der Waals surface area contributed by atoms with Crippen LogP contribution in [0.1, 0.15) is 6.92 Å². The normalized spacial score (nSPS) is 9.71. The molecule has 1 aromatic rings. The van der Waals surface area contributed by atoms with E-state index in [1.54, 1.807) is 18.2 Å². The molecule has 0 aliphatic carbocycles. The fourth-order valence-corrected chi connectivity index (χ4v) is 1.54. The predicted octanol–water partition coefficient (Wildman–Crippen LogP) is -0.0706. The van der Waals surface area contributed by atoms with Gasteiger partial charge in [-0.25, -0.2) is 0 Å². The first-order valence-corrected chi connectivity index (χ1v) is 5.01. The third-order valence-electron chi connectivity index (χ3n) is 1.60. The molecule has 0 saturated carbocycles. The first-order valence-electron chi connectivity index (χ1n) is 3.94. The summed E-state index contributed by atoms with van der Waals surface area (Å²) in [7, 11) is -1.58. The standard InChI is InChI=1S/C8H9BINO3/c1-5(12)11-8-4-6(10)2-3-7(8)9(13)14/h2-4,13-14H,1H3,(H,11,12). The van der Waals surface area contributed by atoms with Crippen molar-refractivity contribution < 1.29 is 14.8 Å². The van der Waals surface area contributed by atoms with E-state index in [0.717, 1.165) is 3.57 Å². The third-order valence-corrected chi connectivity index (χ3v) is 2.28. The van der Waals surface area contributed by atoms with E-state index in [0.29, 0.717) is 11.2 Å². The zero-order chi connectivity index (χ0) is 10.7. The minimum atomic E-state index is -1.58. The van der Waals surface area contributed by atoms with Gasteiger partial charge in [0.05, 0.1) is 0 Å². The lowest BCUT2D eigenvalue weighted by Crippen LogP contribution is -2.33. The minimum absolute atomic E-state index is 0.242. The molecule has 4 nitrogen and oxygen atoms in total. The Morgan fingerprint density at radius 2 is 2.14 bits per heavy atom. The fraction of sp³-hybridized carbons (Fsp3) is 0.125. The van der Waals surface area contributed by atoms with E-state index < -0.39 is 7.12 Å². The maximum Gasteiger partial charge on any atom is 0.490 e. The van der Waals surface area contributed by atoms with E-state index >= 15 is 0 Å². The van der Waals surface area contributed by atoms with Crippen LogP contribution in [-0.4, -0.2) is 23.1 Å². The molecule has 0 bridgehead atoms. The molecule has 6 heteroatoms. The summed E-state index contributed by atoms with van der Waals surface area (Å²) in [6.07, 6.45) is 0. The van der Waals surface area contributed by atoms with Crippen molar-refractivity contribution >= 4 is 46.8 Å². The van der Waals surface area contributed by atoms with E-state index in [9.17, 15) is 4.79 Å². The molecule has 0 spiro atoms. The van der Waals surface area contributed by atoms with Crippen LogP contribution in [0.5, 0.6) is 0 Å². The van der Waals surface area contributed by atoms with Crippen molar-refractivity contribution in [2.45, 2.75) is 6.92 Å². The molecule has 0 atom stereocenters. The molecule has 74 valence electrons. The molecule has 0 aromatic heterocycles. The van der Waals surface area contributed by atoms with Crippen molar-refractivity contribution in [3.8, 4) is 0 Å². The highest BCUT2D eigenvalue weighted by Gasteiger charge is 2.16. The summed E-state index contributed by atoms with van der Waals surface area (Å²) in [6.45, 7) is 1.37. The zero-order valence-electron chi connectivity index (χ0n) is 7.49. The van der Waals surface area contributed by atoms with Crippen molar-refractivity contribution in [3.63, 3.8) is 0 Å². The van der Waals surface area contributed by atoms with Gasteiger partial charge in [-0.05, 0) is 34.7 Å². The number of amides is 1. The van der Waals surface area contributed by atoms with Crippen LogP contribution in [0.15, 0.2) is 18.2 Å². The van der Waals surface area contributed by atoms with Crippen LogP contribution in [0.25, 0.3) is 0 Å². The second-order valence-corrected chi connectivity index (χ2v) is 4.03.